The summed E-state index contributed by atoms with van der Waals surface area (Å²) >= 11 is 1.65. The van der Waals surface area contributed by atoms with Gasteiger partial charge in [-0.2, -0.15) is 0 Å². The molecule has 0 aliphatic carbocycles. The number of hydrogen-bond acceptors (Lipinski definition) is 2. The highest BCUT2D eigenvalue weighted by Crippen LogP contribution is 2.31. The van der Waals surface area contributed by atoms with Crippen molar-refractivity contribution < 1.29 is 4.79 Å². The molecule has 2 aromatic rings. The van der Waals surface area contributed by atoms with Crippen LogP contribution in [-0.2, 0) is 4.79 Å². The maximum absolute atomic E-state index is 10.7. The lowest BCUT2D eigenvalue weighted by Gasteiger charge is -2.10. The van der Waals surface area contributed by atoms with Crippen LogP contribution in [0.25, 0.3) is 10.1 Å². The Bertz CT molecular complexity index is 416. The lowest BCUT2D eigenvalue weighted by Crippen LogP contribution is -2.18. The predicted octanol–water partition coefficient (Wildman–Crippen LogP) is 2.88. The largest absolute Gasteiger partial charge is 0.307 e. The number of carbonyl (C=O) groups is 1. The van der Waals surface area contributed by atoms with E-state index in [1.165, 1.54) is 10.1 Å². The first kappa shape index (κ1) is 9.21. The number of benzene rings is 1. The maximum Gasteiger partial charge on any atom is 0.214 e. The normalized spacial score (nSPS) is 10.4. The van der Waals surface area contributed by atoms with E-state index < -0.39 is 0 Å². The van der Waals surface area contributed by atoms with E-state index in [1.54, 1.807) is 16.2 Å². The number of amides is 1. The van der Waals surface area contributed by atoms with E-state index in [-0.39, 0.29) is 0 Å². The van der Waals surface area contributed by atoms with Crippen molar-refractivity contribution in [2.75, 3.05) is 11.4 Å². The highest BCUT2D eigenvalue weighted by molar-refractivity contribution is 7.22. The molecule has 0 bridgehead atoms. The summed E-state index contributed by atoms with van der Waals surface area (Å²) in [5.74, 6) is 0. The van der Waals surface area contributed by atoms with E-state index in [4.69, 9.17) is 0 Å². The van der Waals surface area contributed by atoms with Crippen molar-refractivity contribution in [2.45, 2.75) is 6.92 Å². The standard InChI is InChI=1S/C11H11NOS/c1-2-12(8-13)11-7-9-5-3-4-6-10(9)14-11/h3-8H,2H2,1H3. The Morgan fingerprint density at radius 1 is 1.43 bits per heavy atom. The van der Waals surface area contributed by atoms with E-state index in [9.17, 15) is 4.79 Å². The molecule has 0 atom stereocenters. The van der Waals surface area contributed by atoms with Crippen LogP contribution in [0.4, 0.5) is 5.00 Å². The second kappa shape index (κ2) is 3.80. The number of anilines is 1. The van der Waals surface area contributed by atoms with Crippen LogP contribution in [0.5, 0.6) is 0 Å². The van der Waals surface area contributed by atoms with Gasteiger partial charge < -0.3 is 4.90 Å². The molecular weight excluding hydrogens is 194 g/mol. The van der Waals surface area contributed by atoms with E-state index >= 15 is 0 Å². The second-order valence-electron chi connectivity index (χ2n) is 3.01. The molecule has 0 saturated carbocycles. The SMILES string of the molecule is CCN(C=O)c1cc2ccccc2s1. The number of thiophene rings is 1. The van der Waals surface area contributed by atoms with Crippen LogP contribution < -0.4 is 4.90 Å². The minimum atomic E-state index is 0.719. The van der Waals surface area contributed by atoms with Crippen molar-refractivity contribution in [3.8, 4) is 0 Å². The molecule has 0 aliphatic heterocycles. The fourth-order valence-corrected chi connectivity index (χ4v) is 2.48. The molecule has 0 fully saturated rings. The van der Waals surface area contributed by atoms with Crippen LogP contribution in [0.15, 0.2) is 30.3 Å². The van der Waals surface area contributed by atoms with Gasteiger partial charge in [-0.15, -0.1) is 11.3 Å². The van der Waals surface area contributed by atoms with Crippen molar-refractivity contribution in [3.63, 3.8) is 0 Å². The van der Waals surface area contributed by atoms with Crippen molar-refractivity contribution in [1.82, 2.24) is 0 Å². The van der Waals surface area contributed by atoms with E-state index in [1.807, 2.05) is 19.1 Å². The first-order chi connectivity index (χ1) is 6.85. The van der Waals surface area contributed by atoms with Gasteiger partial charge in [-0.3, -0.25) is 4.79 Å². The van der Waals surface area contributed by atoms with Crippen LogP contribution >= 0.6 is 11.3 Å². The first-order valence-corrected chi connectivity index (χ1v) is 5.37. The predicted molar refractivity (Wildman–Crippen MR) is 60.9 cm³/mol. The van der Waals surface area contributed by atoms with Crippen LogP contribution in [0.2, 0.25) is 0 Å². The zero-order valence-electron chi connectivity index (χ0n) is 7.93. The monoisotopic (exact) mass is 205 g/mol. The molecule has 14 heavy (non-hydrogen) atoms. The summed E-state index contributed by atoms with van der Waals surface area (Å²) in [6, 6.07) is 10.2. The molecule has 0 aliphatic rings. The lowest BCUT2D eigenvalue weighted by molar-refractivity contribution is -0.107. The Balaban J connectivity index is 2.48. The summed E-state index contributed by atoms with van der Waals surface area (Å²) in [5, 5.41) is 2.22. The topological polar surface area (TPSA) is 20.3 Å². The number of nitrogens with zero attached hydrogens (tertiary/aromatic N) is 1. The summed E-state index contributed by atoms with van der Waals surface area (Å²) in [4.78, 5) is 12.5. The van der Waals surface area contributed by atoms with Crippen LogP contribution in [0, 0.1) is 0 Å². The summed E-state index contributed by atoms with van der Waals surface area (Å²) in [7, 11) is 0. The van der Waals surface area contributed by atoms with Gasteiger partial charge in [0.15, 0.2) is 0 Å². The third-order valence-electron chi connectivity index (χ3n) is 2.16. The molecule has 72 valence electrons. The van der Waals surface area contributed by atoms with Gasteiger partial charge in [0, 0.05) is 11.2 Å². The fourth-order valence-electron chi connectivity index (χ4n) is 1.39. The smallest absolute Gasteiger partial charge is 0.214 e. The molecule has 0 unspecified atom stereocenters. The third-order valence-corrected chi connectivity index (χ3v) is 3.32. The van der Waals surface area contributed by atoms with Crippen molar-refractivity contribution >= 4 is 32.8 Å². The molecule has 1 aromatic carbocycles. The minimum absolute atomic E-state index is 0.719. The Labute approximate surface area is 86.8 Å². The number of carbonyl (C=O) groups excluding carboxylic acids is 1. The second-order valence-corrected chi connectivity index (χ2v) is 4.08. The summed E-state index contributed by atoms with van der Waals surface area (Å²) < 4.78 is 1.22. The molecule has 0 spiro atoms. The molecular formula is C11H11NOS. The Morgan fingerprint density at radius 2 is 2.21 bits per heavy atom. The first-order valence-electron chi connectivity index (χ1n) is 4.55. The van der Waals surface area contributed by atoms with E-state index in [2.05, 4.69) is 18.2 Å². The van der Waals surface area contributed by atoms with Crippen LogP contribution in [0.3, 0.4) is 0 Å². The number of hydrogen-bond donors (Lipinski definition) is 0. The number of rotatable bonds is 3. The molecule has 2 rings (SSSR count). The van der Waals surface area contributed by atoms with Gasteiger partial charge in [-0.25, -0.2) is 0 Å². The molecule has 1 heterocycles. The van der Waals surface area contributed by atoms with Gasteiger partial charge in [0.2, 0.25) is 6.41 Å². The van der Waals surface area contributed by atoms with Gasteiger partial charge in [-0.1, -0.05) is 18.2 Å². The number of fused-ring (bicyclic) bond motifs is 1. The zero-order chi connectivity index (χ0) is 9.97. The maximum atomic E-state index is 10.7. The average molecular weight is 205 g/mol. The van der Waals surface area contributed by atoms with Gasteiger partial charge in [0.1, 0.15) is 0 Å². The van der Waals surface area contributed by atoms with Gasteiger partial charge in [0.05, 0.1) is 5.00 Å². The molecule has 2 nitrogen and oxygen atoms in total. The summed E-state index contributed by atoms with van der Waals surface area (Å²) in [6.45, 7) is 2.69. The Hall–Kier alpha value is -1.35. The summed E-state index contributed by atoms with van der Waals surface area (Å²) in [5.41, 5.74) is 0. The quantitative estimate of drug-likeness (QED) is 0.705. The van der Waals surface area contributed by atoms with Crippen molar-refractivity contribution in [1.29, 1.82) is 0 Å². The Kier molecular flexibility index (Phi) is 2.50. The minimum Gasteiger partial charge on any atom is -0.307 e. The molecule has 0 N–H and O–H groups in total. The fraction of sp³-hybridized carbons (Fsp3) is 0.182. The van der Waals surface area contributed by atoms with Crippen molar-refractivity contribution in [2.24, 2.45) is 0 Å². The molecule has 1 aromatic heterocycles. The average Bonchev–Trinajstić information content (AvgIpc) is 2.63. The van der Waals surface area contributed by atoms with Gasteiger partial charge >= 0.3 is 0 Å². The Morgan fingerprint density at radius 3 is 2.86 bits per heavy atom. The summed E-state index contributed by atoms with van der Waals surface area (Å²) in [6.07, 6.45) is 0.880. The zero-order valence-corrected chi connectivity index (χ0v) is 8.75. The highest BCUT2D eigenvalue weighted by atomic mass is 32.1. The molecule has 1 amide bonds. The van der Waals surface area contributed by atoms with Crippen molar-refractivity contribution in [3.05, 3.63) is 30.3 Å². The molecule has 0 saturated heterocycles. The van der Waals surface area contributed by atoms with Gasteiger partial charge in [-0.05, 0) is 24.4 Å². The van der Waals surface area contributed by atoms with E-state index in [0.717, 1.165) is 18.0 Å². The molecule has 0 radical (unpaired) electrons. The molecule has 3 heteroatoms. The van der Waals surface area contributed by atoms with Crippen LogP contribution in [-0.4, -0.2) is 13.0 Å². The van der Waals surface area contributed by atoms with E-state index in [0.29, 0.717) is 0 Å². The van der Waals surface area contributed by atoms with Gasteiger partial charge in [0.25, 0.3) is 0 Å². The highest BCUT2D eigenvalue weighted by Gasteiger charge is 2.06. The third kappa shape index (κ3) is 1.51. The lowest BCUT2D eigenvalue weighted by atomic mass is 10.3. The van der Waals surface area contributed by atoms with Crippen LogP contribution in [0.1, 0.15) is 6.92 Å².